The molecule has 1 rings (SSSR count). The molecule has 70 valence electrons. The van der Waals surface area contributed by atoms with Crippen LogP contribution in [0.5, 0.6) is 0 Å². The van der Waals surface area contributed by atoms with E-state index < -0.39 is 11.8 Å². The first-order valence-electron chi connectivity index (χ1n) is 3.46. The molecule has 0 amide bonds. The fourth-order valence-corrected chi connectivity index (χ4v) is 1.42. The summed E-state index contributed by atoms with van der Waals surface area (Å²) >= 11 is 3.05. The lowest BCUT2D eigenvalue weighted by atomic mass is 10.1. The summed E-state index contributed by atoms with van der Waals surface area (Å²) in [6, 6.07) is 2.69. The Morgan fingerprint density at radius 2 is 2.23 bits per heavy atom. The fraction of sp³-hybridized carbons (Fsp3) is 0.125. The minimum absolute atomic E-state index is 0.106. The van der Waals surface area contributed by atoms with Crippen LogP contribution in [-0.4, -0.2) is 11.1 Å². The minimum atomic E-state index is -1.04. The van der Waals surface area contributed by atoms with Crippen molar-refractivity contribution in [1.82, 2.24) is 0 Å². The van der Waals surface area contributed by atoms with Gasteiger partial charge in [-0.15, -0.1) is 0 Å². The number of hydrogen-bond acceptors (Lipinski definition) is 2. The predicted molar refractivity (Wildman–Crippen MR) is 49.9 cm³/mol. The Kier molecular flexibility index (Phi) is 2.87. The third-order valence-electron chi connectivity index (χ3n) is 1.52. The molecular weight excluding hydrogens is 241 g/mol. The number of carboxylic acids is 1. The van der Waals surface area contributed by atoms with Crippen LogP contribution in [0.15, 0.2) is 16.6 Å². The molecule has 0 bridgehead atoms. The molecule has 0 aliphatic carbocycles. The van der Waals surface area contributed by atoms with Crippen molar-refractivity contribution in [3.05, 3.63) is 28.0 Å². The minimum Gasteiger partial charge on any atom is -0.481 e. The summed E-state index contributed by atoms with van der Waals surface area (Å²) in [6.07, 6.45) is -0.276. The second kappa shape index (κ2) is 3.74. The van der Waals surface area contributed by atoms with Crippen molar-refractivity contribution in [1.29, 1.82) is 0 Å². The van der Waals surface area contributed by atoms with Gasteiger partial charge in [0.05, 0.1) is 12.1 Å². The first-order valence-corrected chi connectivity index (χ1v) is 4.25. The topological polar surface area (TPSA) is 63.3 Å². The van der Waals surface area contributed by atoms with Crippen LogP contribution >= 0.6 is 15.9 Å². The molecule has 5 heteroatoms. The number of benzene rings is 1. The van der Waals surface area contributed by atoms with Crippen molar-refractivity contribution in [2.75, 3.05) is 5.73 Å². The van der Waals surface area contributed by atoms with Crippen LogP contribution in [0, 0.1) is 5.82 Å². The van der Waals surface area contributed by atoms with Gasteiger partial charge >= 0.3 is 5.97 Å². The Labute approximate surface area is 82.5 Å². The Balaban J connectivity index is 3.12. The van der Waals surface area contributed by atoms with Crippen LogP contribution in [0.4, 0.5) is 10.1 Å². The van der Waals surface area contributed by atoms with Crippen molar-refractivity contribution in [3.8, 4) is 0 Å². The third-order valence-corrected chi connectivity index (χ3v) is 1.98. The predicted octanol–water partition coefficient (Wildman–Crippen LogP) is 1.80. The molecule has 0 aliphatic rings. The lowest BCUT2D eigenvalue weighted by Gasteiger charge is -2.04. The smallest absolute Gasteiger partial charge is 0.307 e. The zero-order valence-corrected chi connectivity index (χ0v) is 8.14. The lowest BCUT2D eigenvalue weighted by Crippen LogP contribution is -2.05. The maximum absolute atomic E-state index is 12.9. The molecule has 0 atom stereocenters. The summed E-state index contributed by atoms with van der Waals surface area (Å²) in [5.41, 5.74) is 5.51. The number of nitrogens with two attached hydrogens (primary N) is 1. The van der Waals surface area contributed by atoms with E-state index >= 15 is 0 Å². The SMILES string of the molecule is Nc1c(F)cc(Br)cc1CC(=O)O. The Morgan fingerprint density at radius 1 is 1.62 bits per heavy atom. The van der Waals surface area contributed by atoms with E-state index in [1.807, 2.05) is 0 Å². The number of halogens is 2. The van der Waals surface area contributed by atoms with Crippen molar-refractivity contribution in [2.24, 2.45) is 0 Å². The monoisotopic (exact) mass is 247 g/mol. The first-order chi connectivity index (χ1) is 6.00. The highest BCUT2D eigenvalue weighted by Gasteiger charge is 2.09. The molecule has 0 spiro atoms. The average molecular weight is 248 g/mol. The van der Waals surface area contributed by atoms with Crippen molar-refractivity contribution in [2.45, 2.75) is 6.42 Å². The molecule has 0 saturated carbocycles. The maximum atomic E-state index is 12.9. The van der Waals surface area contributed by atoms with Crippen LogP contribution in [-0.2, 0) is 11.2 Å². The highest BCUT2D eigenvalue weighted by Crippen LogP contribution is 2.22. The number of carboxylic acid groups (broad SMARTS) is 1. The zero-order valence-electron chi connectivity index (χ0n) is 6.55. The number of aliphatic carboxylic acids is 1. The summed E-state index contributed by atoms with van der Waals surface area (Å²) in [7, 11) is 0. The van der Waals surface area contributed by atoms with E-state index in [0.717, 1.165) is 0 Å². The fourth-order valence-electron chi connectivity index (χ4n) is 0.947. The highest BCUT2D eigenvalue weighted by molar-refractivity contribution is 9.10. The number of hydrogen-bond donors (Lipinski definition) is 2. The average Bonchev–Trinajstić information content (AvgIpc) is 1.98. The van der Waals surface area contributed by atoms with E-state index in [1.165, 1.54) is 12.1 Å². The van der Waals surface area contributed by atoms with Gasteiger partial charge in [-0.3, -0.25) is 4.79 Å². The van der Waals surface area contributed by atoms with Gasteiger partial charge in [0, 0.05) is 4.47 Å². The molecule has 1 aromatic rings. The van der Waals surface area contributed by atoms with Gasteiger partial charge < -0.3 is 10.8 Å². The maximum Gasteiger partial charge on any atom is 0.307 e. The van der Waals surface area contributed by atoms with Crippen LogP contribution < -0.4 is 5.73 Å². The molecule has 3 nitrogen and oxygen atoms in total. The molecular formula is C8H7BrFNO2. The zero-order chi connectivity index (χ0) is 10.0. The second-order valence-corrected chi connectivity index (χ2v) is 3.45. The number of nitrogen functional groups attached to an aromatic ring is 1. The van der Waals surface area contributed by atoms with E-state index in [2.05, 4.69) is 15.9 Å². The number of carbonyl (C=O) groups is 1. The lowest BCUT2D eigenvalue weighted by molar-refractivity contribution is -0.136. The van der Waals surface area contributed by atoms with Crippen LogP contribution in [0.1, 0.15) is 5.56 Å². The molecule has 1 aromatic carbocycles. The molecule has 3 N–H and O–H groups in total. The van der Waals surface area contributed by atoms with Crippen molar-refractivity contribution >= 4 is 27.6 Å². The van der Waals surface area contributed by atoms with E-state index in [-0.39, 0.29) is 17.7 Å². The van der Waals surface area contributed by atoms with Gasteiger partial charge in [0.15, 0.2) is 0 Å². The quantitative estimate of drug-likeness (QED) is 0.784. The summed E-state index contributed by atoms with van der Waals surface area (Å²) in [5.74, 6) is -1.64. The molecule has 0 radical (unpaired) electrons. The van der Waals surface area contributed by atoms with E-state index in [9.17, 15) is 9.18 Å². The Morgan fingerprint density at radius 3 is 2.77 bits per heavy atom. The first kappa shape index (κ1) is 9.98. The van der Waals surface area contributed by atoms with Crippen molar-refractivity contribution < 1.29 is 14.3 Å². The molecule has 0 fully saturated rings. The van der Waals surface area contributed by atoms with Gasteiger partial charge in [-0.25, -0.2) is 4.39 Å². The molecule has 0 aromatic heterocycles. The molecule has 0 heterocycles. The van der Waals surface area contributed by atoms with Gasteiger partial charge in [0.2, 0.25) is 0 Å². The van der Waals surface area contributed by atoms with Crippen molar-refractivity contribution in [3.63, 3.8) is 0 Å². The van der Waals surface area contributed by atoms with Gasteiger partial charge in [0.25, 0.3) is 0 Å². The summed E-state index contributed by atoms with van der Waals surface area (Å²) in [5, 5.41) is 8.48. The van der Waals surface area contributed by atoms with Crippen LogP contribution in [0.3, 0.4) is 0 Å². The van der Waals surface area contributed by atoms with E-state index in [0.29, 0.717) is 4.47 Å². The summed E-state index contributed by atoms with van der Waals surface area (Å²) < 4.78 is 13.4. The summed E-state index contributed by atoms with van der Waals surface area (Å²) in [4.78, 5) is 10.4. The largest absolute Gasteiger partial charge is 0.481 e. The van der Waals surface area contributed by atoms with Gasteiger partial charge in [0.1, 0.15) is 5.82 Å². The molecule has 0 saturated heterocycles. The second-order valence-electron chi connectivity index (χ2n) is 2.53. The molecule has 0 unspecified atom stereocenters. The Hall–Kier alpha value is -1.10. The van der Waals surface area contributed by atoms with Gasteiger partial charge in [-0.1, -0.05) is 15.9 Å². The normalized spacial score (nSPS) is 10.0. The number of rotatable bonds is 2. The van der Waals surface area contributed by atoms with Gasteiger partial charge in [-0.2, -0.15) is 0 Å². The van der Waals surface area contributed by atoms with E-state index in [4.69, 9.17) is 10.8 Å². The molecule has 0 aliphatic heterocycles. The third kappa shape index (κ3) is 2.42. The summed E-state index contributed by atoms with van der Waals surface area (Å²) in [6.45, 7) is 0. The van der Waals surface area contributed by atoms with Crippen LogP contribution in [0.25, 0.3) is 0 Å². The Bertz CT molecular complexity index is 354. The highest BCUT2D eigenvalue weighted by atomic mass is 79.9. The number of anilines is 1. The van der Waals surface area contributed by atoms with Gasteiger partial charge in [-0.05, 0) is 17.7 Å². The van der Waals surface area contributed by atoms with E-state index in [1.54, 1.807) is 0 Å². The standard InChI is InChI=1S/C8H7BrFNO2/c9-5-1-4(2-7(12)13)8(11)6(10)3-5/h1,3H,2,11H2,(H,12,13). The molecule has 13 heavy (non-hydrogen) atoms. The van der Waals surface area contributed by atoms with Crippen LogP contribution in [0.2, 0.25) is 0 Å².